The molecular weight excluding hydrogens is 318 g/mol. The topological polar surface area (TPSA) is 101 Å². The smallest absolute Gasteiger partial charge is 0.412 e. The summed E-state index contributed by atoms with van der Waals surface area (Å²) in [5.41, 5.74) is -0.601. The Hall–Kier alpha value is -2.39. The molecule has 0 unspecified atom stereocenters. The van der Waals surface area contributed by atoms with Crippen molar-refractivity contribution in [2.45, 2.75) is 45.0 Å². The molecule has 9 nitrogen and oxygen atoms in total. The zero-order valence-electron chi connectivity index (χ0n) is 13.6. The van der Waals surface area contributed by atoms with E-state index in [-0.39, 0.29) is 12.4 Å². The Kier molecular flexibility index (Phi) is 4.06. The minimum Gasteiger partial charge on any atom is -0.469 e. The van der Waals surface area contributed by atoms with Crippen molar-refractivity contribution in [1.82, 2.24) is 9.55 Å². The Morgan fingerprint density at radius 3 is 2.92 bits per heavy atom. The summed E-state index contributed by atoms with van der Waals surface area (Å²) in [4.78, 5) is 27.5. The molecule has 0 radical (unpaired) electrons. The van der Waals surface area contributed by atoms with Gasteiger partial charge in [0.05, 0.1) is 6.61 Å². The van der Waals surface area contributed by atoms with Crippen LogP contribution in [0.4, 0.5) is 10.6 Å². The number of aromatic nitrogens is 2. The van der Waals surface area contributed by atoms with Crippen LogP contribution in [0.25, 0.3) is 0 Å². The van der Waals surface area contributed by atoms with Crippen molar-refractivity contribution in [3.63, 3.8) is 0 Å². The molecule has 9 heteroatoms. The average Bonchev–Trinajstić information content (AvgIpc) is 2.94. The number of hydrogen-bond donors (Lipinski definition) is 1. The molecule has 3 heterocycles. The lowest BCUT2D eigenvalue weighted by atomic mass is 10.2. The van der Waals surface area contributed by atoms with Crippen molar-refractivity contribution < 1.29 is 23.7 Å². The van der Waals surface area contributed by atoms with Gasteiger partial charge >= 0.3 is 11.8 Å². The molecule has 0 aliphatic carbocycles. The van der Waals surface area contributed by atoms with Crippen LogP contribution in [0.1, 0.15) is 27.0 Å². The number of nitrogens with zero attached hydrogens (tertiary/aromatic N) is 2. The second-order valence-electron chi connectivity index (χ2n) is 5.84. The maximum atomic E-state index is 12.3. The maximum absolute atomic E-state index is 12.3. The van der Waals surface area contributed by atoms with Crippen LogP contribution in [0.5, 0.6) is 0 Å². The quantitative estimate of drug-likeness (QED) is 0.889. The predicted molar refractivity (Wildman–Crippen MR) is 82.2 cm³/mol. The summed E-state index contributed by atoms with van der Waals surface area (Å²) in [5.74, 6) is -0.300. The van der Waals surface area contributed by atoms with Crippen LogP contribution < -0.4 is 11.0 Å². The highest BCUT2D eigenvalue weighted by Crippen LogP contribution is 2.43. The Bertz CT molecular complexity index is 728. The molecule has 1 amide bonds. The van der Waals surface area contributed by atoms with Crippen molar-refractivity contribution in [2.24, 2.45) is 0 Å². The molecule has 0 saturated carbocycles. The van der Waals surface area contributed by atoms with Crippen LogP contribution in [0.3, 0.4) is 0 Å². The standard InChI is InChI=1S/C15H19N3O6/c1-5-21-14(20)17-9-6-7-18(13(19)16-9)12-11-10(8(2)22-12)23-15(3,4)24-11/h6-7,10-12H,2,5H2,1,3-4H3,(H,16,17,19,20)/t10-,11-,12-/m1/s1. The molecule has 2 fully saturated rings. The third kappa shape index (κ3) is 3.00. The summed E-state index contributed by atoms with van der Waals surface area (Å²) >= 11 is 0. The highest BCUT2D eigenvalue weighted by molar-refractivity contribution is 5.83. The van der Waals surface area contributed by atoms with E-state index in [9.17, 15) is 9.59 Å². The fourth-order valence-electron chi connectivity index (χ4n) is 2.70. The zero-order valence-corrected chi connectivity index (χ0v) is 13.6. The number of ether oxygens (including phenoxy) is 4. The van der Waals surface area contributed by atoms with Crippen molar-refractivity contribution in [3.8, 4) is 0 Å². The molecule has 1 aromatic rings. The third-order valence-electron chi connectivity index (χ3n) is 3.61. The molecule has 0 spiro atoms. The highest BCUT2D eigenvalue weighted by atomic mass is 16.8. The molecular formula is C15H19N3O6. The summed E-state index contributed by atoms with van der Waals surface area (Å²) < 4.78 is 23.2. The summed E-state index contributed by atoms with van der Waals surface area (Å²) in [6, 6.07) is 1.47. The average molecular weight is 337 g/mol. The van der Waals surface area contributed by atoms with Crippen molar-refractivity contribution in [2.75, 3.05) is 11.9 Å². The molecule has 2 saturated heterocycles. The molecule has 2 aliphatic rings. The van der Waals surface area contributed by atoms with Gasteiger partial charge in [-0.1, -0.05) is 6.58 Å². The second-order valence-corrected chi connectivity index (χ2v) is 5.84. The van der Waals surface area contributed by atoms with Crippen LogP contribution in [0.15, 0.2) is 29.4 Å². The fourth-order valence-corrected chi connectivity index (χ4v) is 2.70. The highest BCUT2D eigenvalue weighted by Gasteiger charge is 2.54. The van der Waals surface area contributed by atoms with Gasteiger partial charge in [-0.25, -0.2) is 9.59 Å². The van der Waals surface area contributed by atoms with E-state index in [2.05, 4.69) is 16.9 Å². The number of fused-ring (bicyclic) bond motifs is 1. The molecule has 1 aromatic heterocycles. The number of amides is 1. The number of hydrogen-bond acceptors (Lipinski definition) is 7. The number of carbonyl (C=O) groups excluding carboxylic acids is 1. The van der Waals surface area contributed by atoms with E-state index in [1.165, 1.54) is 16.8 Å². The zero-order chi connectivity index (χ0) is 17.5. The monoisotopic (exact) mass is 337 g/mol. The minimum absolute atomic E-state index is 0.0898. The van der Waals surface area contributed by atoms with Crippen molar-refractivity contribution in [1.29, 1.82) is 0 Å². The Labute approximate surface area is 138 Å². The van der Waals surface area contributed by atoms with Gasteiger partial charge in [0.2, 0.25) is 6.23 Å². The van der Waals surface area contributed by atoms with Gasteiger partial charge in [-0.3, -0.25) is 9.88 Å². The normalized spacial score (nSPS) is 27.5. The third-order valence-corrected chi connectivity index (χ3v) is 3.61. The van der Waals surface area contributed by atoms with Crippen LogP contribution in [0, 0.1) is 0 Å². The lowest BCUT2D eigenvalue weighted by molar-refractivity contribution is -0.174. The largest absolute Gasteiger partial charge is 0.469 e. The Morgan fingerprint density at radius 1 is 1.50 bits per heavy atom. The number of anilines is 1. The van der Waals surface area contributed by atoms with E-state index < -0.39 is 36.0 Å². The lowest BCUT2D eigenvalue weighted by Gasteiger charge is -2.23. The van der Waals surface area contributed by atoms with Gasteiger partial charge in [0.1, 0.15) is 17.7 Å². The maximum Gasteiger partial charge on any atom is 0.412 e. The summed E-state index contributed by atoms with van der Waals surface area (Å²) in [6.45, 7) is 9.27. The molecule has 3 rings (SSSR count). The number of carbonyl (C=O) groups is 1. The SMILES string of the molecule is C=C1O[C@@H](n2ccc(NC(=O)OCC)nc2=O)[C@@H]2OC(C)(C)O[C@H]12. The lowest BCUT2D eigenvalue weighted by Crippen LogP contribution is -2.35. The summed E-state index contributed by atoms with van der Waals surface area (Å²) in [5, 5.41) is 2.37. The van der Waals surface area contributed by atoms with Crippen LogP contribution in [-0.2, 0) is 18.9 Å². The Balaban J connectivity index is 1.82. The summed E-state index contributed by atoms with van der Waals surface area (Å²) in [7, 11) is 0. The van der Waals surface area contributed by atoms with Crippen molar-refractivity contribution >= 4 is 11.9 Å². The second kappa shape index (κ2) is 5.91. The predicted octanol–water partition coefficient (Wildman–Crippen LogP) is 1.37. The molecule has 24 heavy (non-hydrogen) atoms. The molecule has 3 atom stereocenters. The van der Waals surface area contributed by atoms with E-state index in [4.69, 9.17) is 18.9 Å². The molecule has 130 valence electrons. The van der Waals surface area contributed by atoms with Crippen LogP contribution >= 0.6 is 0 Å². The van der Waals surface area contributed by atoms with E-state index in [1.807, 2.05) is 0 Å². The van der Waals surface area contributed by atoms with E-state index >= 15 is 0 Å². The number of nitrogens with one attached hydrogen (secondary N) is 1. The van der Waals surface area contributed by atoms with E-state index in [1.54, 1.807) is 20.8 Å². The Morgan fingerprint density at radius 2 is 2.25 bits per heavy atom. The van der Waals surface area contributed by atoms with E-state index in [0.29, 0.717) is 5.76 Å². The van der Waals surface area contributed by atoms with Crippen molar-refractivity contribution in [3.05, 3.63) is 35.1 Å². The minimum atomic E-state index is -0.789. The van der Waals surface area contributed by atoms with Crippen LogP contribution in [0.2, 0.25) is 0 Å². The van der Waals surface area contributed by atoms with Gasteiger partial charge in [0.25, 0.3) is 0 Å². The van der Waals surface area contributed by atoms with Gasteiger partial charge < -0.3 is 18.9 Å². The molecule has 0 aromatic carbocycles. The first kappa shape index (κ1) is 16.5. The number of rotatable bonds is 3. The molecule has 2 aliphatic heterocycles. The van der Waals surface area contributed by atoms with E-state index in [0.717, 1.165) is 0 Å². The van der Waals surface area contributed by atoms with Gasteiger partial charge in [-0.2, -0.15) is 4.98 Å². The summed E-state index contributed by atoms with van der Waals surface area (Å²) in [6.07, 6.45) is -0.903. The molecule has 1 N–H and O–H groups in total. The first-order valence-corrected chi connectivity index (χ1v) is 7.55. The van der Waals surface area contributed by atoms with Gasteiger partial charge in [-0.15, -0.1) is 0 Å². The van der Waals surface area contributed by atoms with Gasteiger partial charge in [0, 0.05) is 6.20 Å². The van der Waals surface area contributed by atoms with Crippen LogP contribution in [-0.4, -0.2) is 40.2 Å². The molecule has 0 bridgehead atoms. The van der Waals surface area contributed by atoms with Gasteiger partial charge in [-0.05, 0) is 26.8 Å². The fraction of sp³-hybridized carbons (Fsp3) is 0.533. The first-order chi connectivity index (χ1) is 11.3. The van der Waals surface area contributed by atoms with Gasteiger partial charge in [0.15, 0.2) is 11.9 Å². The first-order valence-electron chi connectivity index (χ1n) is 7.55.